The first kappa shape index (κ1) is 18.7. The Morgan fingerprint density at radius 2 is 1.54 bits per heavy atom. The zero-order valence-corrected chi connectivity index (χ0v) is 14.1. The first-order chi connectivity index (χ1) is 11.3. The number of carboxylic acids is 1. The summed E-state index contributed by atoms with van der Waals surface area (Å²) in [7, 11) is 0. The Bertz CT molecular complexity index is 701. The fourth-order valence-corrected chi connectivity index (χ4v) is 2.85. The summed E-state index contributed by atoms with van der Waals surface area (Å²) >= 11 is 12.0. The van der Waals surface area contributed by atoms with Crippen molar-refractivity contribution >= 4 is 29.2 Å². The second-order valence-corrected chi connectivity index (χ2v) is 6.37. The van der Waals surface area contributed by atoms with Gasteiger partial charge in [-0.05, 0) is 41.3 Å². The fraction of sp³-hybridized carbons (Fsp3) is 0.235. The van der Waals surface area contributed by atoms with Crippen LogP contribution in [0.25, 0.3) is 11.1 Å². The Morgan fingerprint density at radius 1 is 1.00 bits per heavy atom. The zero-order chi connectivity index (χ0) is 17.9. The maximum absolute atomic E-state index is 10.7. The largest absolute Gasteiger partial charge is 0.479 e. The van der Waals surface area contributed by atoms with Gasteiger partial charge >= 0.3 is 5.97 Å². The second-order valence-electron chi connectivity index (χ2n) is 5.50. The lowest BCUT2D eigenvalue weighted by Crippen LogP contribution is -2.47. The van der Waals surface area contributed by atoms with Crippen molar-refractivity contribution in [1.82, 2.24) is 0 Å². The predicted molar refractivity (Wildman–Crippen MR) is 93.2 cm³/mol. The summed E-state index contributed by atoms with van der Waals surface area (Å²) in [5.74, 6) is -1.51. The predicted octanol–water partition coefficient (Wildman–Crippen LogP) is 2.34. The van der Waals surface area contributed by atoms with Gasteiger partial charge in [0.25, 0.3) is 0 Å². The molecule has 2 rings (SSSR count). The summed E-state index contributed by atoms with van der Waals surface area (Å²) in [5, 5.41) is 28.8. The van der Waals surface area contributed by atoms with E-state index in [4.69, 9.17) is 34.0 Å². The first-order valence-electron chi connectivity index (χ1n) is 7.18. The van der Waals surface area contributed by atoms with E-state index in [0.717, 1.165) is 16.7 Å². The third kappa shape index (κ3) is 4.69. The van der Waals surface area contributed by atoms with Crippen molar-refractivity contribution in [2.24, 2.45) is 5.73 Å². The summed E-state index contributed by atoms with van der Waals surface area (Å²) in [6, 6.07) is 11.7. The highest BCUT2D eigenvalue weighted by molar-refractivity contribution is 6.35. The highest BCUT2D eigenvalue weighted by Crippen LogP contribution is 2.27. The normalized spacial score (nSPS) is 14.9. The zero-order valence-electron chi connectivity index (χ0n) is 12.6. The maximum Gasteiger partial charge on any atom is 0.335 e. The molecular formula is C17H17Cl2NO4. The molecule has 0 unspecified atom stereocenters. The van der Waals surface area contributed by atoms with E-state index in [1.807, 2.05) is 24.3 Å². The summed E-state index contributed by atoms with van der Waals surface area (Å²) in [6.45, 7) is 0. The molecule has 0 saturated carbocycles. The Morgan fingerprint density at radius 3 is 2.04 bits per heavy atom. The summed E-state index contributed by atoms with van der Waals surface area (Å²) in [4.78, 5) is 10.7. The van der Waals surface area contributed by atoms with E-state index in [9.17, 15) is 15.0 Å². The van der Waals surface area contributed by atoms with Gasteiger partial charge in [-0.3, -0.25) is 0 Å². The second kappa shape index (κ2) is 7.96. The lowest BCUT2D eigenvalue weighted by molar-refractivity contribution is -0.153. The number of hydrogen-bond acceptors (Lipinski definition) is 4. The van der Waals surface area contributed by atoms with Gasteiger partial charge < -0.3 is 21.1 Å². The molecule has 0 bridgehead atoms. The molecule has 0 aliphatic carbocycles. The molecule has 0 saturated heterocycles. The van der Waals surface area contributed by atoms with Crippen LogP contribution in [-0.2, 0) is 11.2 Å². The van der Waals surface area contributed by atoms with Crippen LogP contribution in [0.2, 0.25) is 10.0 Å². The van der Waals surface area contributed by atoms with Gasteiger partial charge in [0.15, 0.2) is 6.10 Å². The third-order valence-corrected chi connectivity index (χ3v) is 4.07. The van der Waals surface area contributed by atoms with Crippen LogP contribution in [0.4, 0.5) is 0 Å². The van der Waals surface area contributed by atoms with Gasteiger partial charge in [-0.15, -0.1) is 0 Å². The molecule has 0 aliphatic heterocycles. The molecule has 2 aromatic rings. The van der Waals surface area contributed by atoms with E-state index < -0.39 is 24.2 Å². The average Bonchev–Trinajstić information content (AvgIpc) is 2.53. The molecule has 0 fully saturated rings. The van der Waals surface area contributed by atoms with Gasteiger partial charge in [-0.1, -0.05) is 47.5 Å². The van der Waals surface area contributed by atoms with E-state index in [1.54, 1.807) is 18.2 Å². The number of carboxylic acid groups (broad SMARTS) is 1. The molecule has 24 heavy (non-hydrogen) atoms. The highest BCUT2D eigenvalue weighted by atomic mass is 35.5. The molecule has 5 nitrogen and oxygen atoms in total. The number of benzene rings is 2. The lowest BCUT2D eigenvalue weighted by Gasteiger charge is -2.21. The third-order valence-electron chi connectivity index (χ3n) is 3.64. The molecule has 0 aromatic heterocycles. The molecule has 7 heteroatoms. The molecule has 0 amide bonds. The number of aliphatic carboxylic acids is 1. The first-order valence-corrected chi connectivity index (χ1v) is 7.93. The maximum atomic E-state index is 10.7. The number of nitrogens with two attached hydrogens (primary N) is 1. The van der Waals surface area contributed by atoms with Crippen molar-refractivity contribution in [1.29, 1.82) is 0 Å². The fourth-order valence-electron chi connectivity index (χ4n) is 2.33. The van der Waals surface area contributed by atoms with Gasteiger partial charge in [0, 0.05) is 16.1 Å². The summed E-state index contributed by atoms with van der Waals surface area (Å²) in [5.41, 5.74) is 8.34. The standard InChI is InChI=1S/C17H17Cl2NO4/c18-12-6-11(7-13(19)8-12)10-3-1-9(2-4-10)5-14(20)15(21)16(22)17(23)24/h1-4,6-8,14-16,21-22H,5,20H2,(H,23,24)/t14-,15-,16+/m0/s1. The van der Waals surface area contributed by atoms with Crippen LogP contribution in [0.1, 0.15) is 5.56 Å². The monoisotopic (exact) mass is 369 g/mol. The Balaban J connectivity index is 2.10. The Kier molecular flexibility index (Phi) is 6.21. The molecule has 0 radical (unpaired) electrons. The average molecular weight is 370 g/mol. The summed E-state index contributed by atoms with van der Waals surface area (Å²) in [6.07, 6.45) is -3.23. The van der Waals surface area contributed by atoms with Gasteiger partial charge in [-0.25, -0.2) is 4.79 Å². The van der Waals surface area contributed by atoms with E-state index in [0.29, 0.717) is 10.0 Å². The van der Waals surface area contributed by atoms with E-state index in [1.165, 1.54) is 0 Å². The minimum absolute atomic E-state index is 0.224. The minimum Gasteiger partial charge on any atom is -0.479 e. The Hall–Kier alpha value is -1.63. The highest BCUT2D eigenvalue weighted by Gasteiger charge is 2.28. The van der Waals surface area contributed by atoms with Crippen molar-refractivity contribution in [3.05, 3.63) is 58.1 Å². The van der Waals surface area contributed by atoms with E-state index >= 15 is 0 Å². The quantitative estimate of drug-likeness (QED) is 0.625. The molecular weight excluding hydrogens is 353 g/mol. The minimum atomic E-state index is -1.91. The molecule has 0 heterocycles. The van der Waals surface area contributed by atoms with E-state index in [2.05, 4.69) is 0 Å². The van der Waals surface area contributed by atoms with Crippen molar-refractivity contribution < 1.29 is 20.1 Å². The number of rotatable bonds is 6. The van der Waals surface area contributed by atoms with Crippen molar-refractivity contribution in [3.8, 4) is 11.1 Å². The van der Waals surface area contributed by atoms with Crippen LogP contribution in [0, 0.1) is 0 Å². The molecule has 5 N–H and O–H groups in total. The lowest BCUT2D eigenvalue weighted by atomic mass is 9.97. The van der Waals surface area contributed by atoms with Crippen LogP contribution in [0.3, 0.4) is 0 Å². The van der Waals surface area contributed by atoms with Gasteiger partial charge in [-0.2, -0.15) is 0 Å². The number of carbonyl (C=O) groups is 1. The smallest absolute Gasteiger partial charge is 0.335 e. The van der Waals surface area contributed by atoms with Gasteiger partial charge in [0.1, 0.15) is 6.10 Å². The van der Waals surface area contributed by atoms with E-state index in [-0.39, 0.29) is 6.42 Å². The Labute approximate surface area is 149 Å². The number of hydrogen-bond donors (Lipinski definition) is 4. The van der Waals surface area contributed by atoms with Crippen LogP contribution < -0.4 is 5.73 Å². The van der Waals surface area contributed by atoms with Crippen LogP contribution >= 0.6 is 23.2 Å². The molecule has 128 valence electrons. The topological polar surface area (TPSA) is 104 Å². The molecule has 0 aliphatic rings. The number of aliphatic hydroxyl groups excluding tert-OH is 2. The molecule has 2 aromatic carbocycles. The number of halogens is 2. The van der Waals surface area contributed by atoms with Crippen molar-refractivity contribution in [2.75, 3.05) is 0 Å². The molecule has 0 spiro atoms. The SMILES string of the molecule is N[C@@H](Cc1ccc(-c2cc(Cl)cc(Cl)c2)cc1)[C@H](O)[C@@H](O)C(=O)O. The van der Waals surface area contributed by atoms with Crippen LogP contribution in [-0.4, -0.2) is 39.5 Å². The van der Waals surface area contributed by atoms with Gasteiger partial charge in [0.05, 0.1) is 0 Å². The number of aliphatic hydroxyl groups is 2. The van der Waals surface area contributed by atoms with Gasteiger partial charge in [0.2, 0.25) is 0 Å². The molecule has 3 atom stereocenters. The van der Waals surface area contributed by atoms with Crippen molar-refractivity contribution in [3.63, 3.8) is 0 Å². The van der Waals surface area contributed by atoms with Crippen LogP contribution in [0.15, 0.2) is 42.5 Å². The van der Waals surface area contributed by atoms with Crippen LogP contribution in [0.5, 0.6) is 0 Å². The summed E-state index contributed by atoms with van der Waals surface area (Å²) < 4.78 is 0. The van der Waals surface area contributed by atoms with Crippen molar-refractivity contribution in [2.45, 2.75) is 24.7 Å².